The van der Waals surface area contributed by atoms with Crippen LogP contribution in [-0.4, -0.2) is 60.6 Å². The molecule has 1 aromatic rings. The highest BCUT2D eigenvalue weighted by atomic mass is 16.6. The van der Waals surface area contributed by atoms with E-state index < -0.39 is 29.9 Å². The second-order valence-corrected chi connectivity index (χ2v) is 8.26. The molecule has 4 amide bonds. The Labute approximate surface area is 193 Å². The number of alkyl carbamates (subject to hydrolysis) is 2. The van der Waals surface area contributed by atoms with Gasteiger partial charge in [0.15, 0.2) is 0 Å². The van der Waals surface area contributed by atoms with Gasteiger partial charge in [0.25, 0.3) is 0 Å². The van der Waals surface area contributed by atoms with E-state index in [1.54, 1.807) is 20.8 Å². The zero-order chi connectivity index (χ0) is 24.7. The molecule has 0 aliphatic heterocycles. The average molecular weight is 467 g/mol. The van der Waals surface area contributed by atoms with Crippen molar-refractivity contribution in [2.24, 2.45) is 0 Å². The van der Waals surface area contributed by atoms with Crippen molar-refractivity contribution in [1.29, 1.82) is 0 Å². The Morgan fingerprint density at radius 3 is 2.24 bits per heavy atom. The molecule has 0 aromatic heterocycles. The lowest BCUT2D eigenvalue weighted by Crippen LogP contribution is -2.41. The van der Waals surface area contributed by atoms with Crippen molar-refractivity contribution in [3.63, 3.8) is 0 Å². The molecule has 0 saturated carbocycles. The third kappa shape index (κ3) is 15.0. The number of hydrogen-bond acceptors (Lipinski definition) is 6. The molecule has 0 heterocycles. The summed E-state index contributed by atoms with van der Waals surface area (Å²) in [5, 5.41) is 18.6. The number of carbonyl (C=O) groups excluding carboxylic acids is 3. The summed E-state index contributed by atoms with van der Waals surface area (Å²) < 4.78 is 10.4. The quantitative estimate of drug-likeness (QED) is 0.296. The molecule has 0 radical (unpaired) electrons. The van der Waals surface area contributed by atoms with Crippen LogP contribution < -0.4 is 21.3 Å². The van der Waals surface area contributed by atoms with Crippen LogP contribution in [0.15, 0.2) is 30.3 Å². The van der Waals surface area contributed by atoms with Gasteiger partial charge in [-0.05, 0) is 39.2 Å². The van der Waals surface area contributed by atoms with Gasteiger partial charge < -0.3 is 35.8 Å². The van der Waals surface area contributed by atoms with Crippen molar-refractivity contribution >= 4 is 24.2 Å². The highest BCUT2D eigenvalue weighted by Gasteiger charge is 2.19. The molecule has 11 heteroatoms. The van der Waals surface area contributed by atoms with Crippen molar-refractivity contribution in [1.82, 2.24) is 21.3 Å². The van der Waals surface area contributed by atoms with Gasteiger partial charge in [-0.25, -0.2) is 14.4 Å². The highest BCUT2D eigenvalue weighted by Crippen LogP contribution is 2.07. The number of rotatable bonds is 12. The van der Waals surface area contributed by atoms with Gasteiger partial charge in [0.1, 0.15) is 12.2 Å². The molecule has 0 fully saturated rings. The lowest BCUT2D eigenvalue weighted by atomic mass is 10.1. The molecule has 0 saturated heterocycles. The molecule has 5 N–H and O–H groups in total. The standard InChI is InChI=1S/C22H34N4O7/c1-22(2,3)33-20(30)25-11-7-10-17(14-18(27)23-12-13-24-19(28)29)26-21(31)32-15-16-8-5-4-6-9-16/h4-6,8-9,17,24H,7,10-15H2,1-3H3,(H,23,27)(H,25,30)(H,26,31)(H,28,29)/t17-/m0/s1. The first-order valence-electron chi connectivity index (χ1n) is 10.7. The molecular weight excluding hydrogens is 432 g/mol. The summed E-state index contributed by atoms with van der Waals surface area (Å²) in [7, 11) is 0. The third-order valence-corrected chi connectivity index (χ3v) is 4.09. The number of carboxylic acid groups (broad SMARTS) is 1. The van der Waals surface area contributed by atoms with Crippen LogP contribution in [0.1, 0.15) is 45.6 Å². The number of carbonyl (C=O) groups is 4. The number of nitrogens with one attached hydrogen (secondary N) is 4. The summed E-state index contributed by atoms with van der Waals surface area (Å²) in [6, 6.07) is 8.63. The summed E-state index contributed by atoms with van der Waals surface area (Å²) in [6.45, 7) is 5.87. The topological polar surface area (TPSA) is 155 Å². The van der Waals surface area contributed by atoms with Crippen LogP contribution in [0, 0.1) is 0 Å². The molecule has 0 unspecified atom stereocenters. The van der Waals surface area contributed by atoms with Crippen LogP contribution in [0.4, 0.5) is 14.4 Å². The van der Waals surface area contributed by atoms with Crippen molar-refractivity contribution in [2.75, 3.05) is 19.6 Å². The Hall–Kier alpha value is -3.50. The average Bonchev–Trinajstić information content (AvgIpc) is 2.72. The maximum absolute atomic E-state index is 12.2. The first-order chi connectivity index (χ1) is 15.5. The van der Waals surface area contributed by atoms with E-state index in [1.807, 2.05) is 30.3 Å². The van der Waals surface area contributed by atoms with Crippen molar-refractivity contribution in [3.05, 3.63) is 35.9 Å². The van der Waals surface area contributed by atoms with Crippen LogP contribution in [0.3, 0.4) is 0 Å². The monoisotopic (exact) mass is 466 g/mol. The van der Waals surface area contributed by atoms with E-state index >= 15 is 0 Å². The molecule has 33 heavy (non-hydrogen) atoms. The maximum atomic E-state index is 12.2. The van der Waals surface area contributed by atoms with Gasteiger partial charge in [-0.15, -0.1) is 0 Å². The van der Waals surface area contributed by atoms with Crippen LogP contribution in [0.25, 0.3) is 0 Å². The van der Waals surface area contributed by atoms with E-state index in [0.717, 1.165) is 5.56 Å². The van der Waals surface area contributed by atoms with Crippen molar-refractivity contribution in [2.45, 2.75) is 58.3 Å². The van der Waals surface area contributed by atoms with Gasteiger partial charge in [0, 0.05) is 32.1 Å². The number of hydrogen-bond donors (Lipinski definition) is 5. The van der Waals surface area contributed by atoms with Crippen molar-refractivity contribution in [3.8, 4) is 0 Å². The summed E-state index contributed by atoms with van der Waals surface area (Å²) in [6.07, 6.45) is -1.53. The van der Waals surface area contributed by atoms with Crippen LogP contribution in [0.2, 0.25) is 0 Å². The first kappa shape index (κ1) is 27.5. The summed E-state index contributed by atoms with van der Waals surface area (Å²) in [4.78, 5) is 46.6. The fourth-order valence-electron chi connectivity index (χ4n) is 2.68. The summed E-state index contributed by atoms with van der Waals surface area (Å²) in [5.41, 5.74) is 0.221. The van der Waals surface area contributed by atoms with Gasteiger partial charge >= 0.3 is 18.3 Å². The molecule has 1 atom stereocenters. The molecular formula is C22H34N4O7. The van der Waals surface area contributed by atoms with E-state index in [1.165, 1.54) is 0 Å². The zero-order valence-electron chi connectivity index (χ0n) is 19.3. The van der Waals surface area contributed by atoms with Gasteiger partial charge in [-0.1, -0.05) is 30.3 Å². The minimum Gasteiger partial charge on any atom is -0.465 e. The molecule has 184 valence electrons. The minimum absolute atomic E-state index is 0.0278. The highest BCUT2D eigenvalue weighted by molar-refractivity contribution is 5.77. The normalized spacial score (nSPS) is 11.6. The maximum Gasteiger partial charge on any atom is 0.407 e. The Morgan fingerprint density at radius 1 is 0.939 bits per heavy atom. The number of amides is 4. The lowest BCUT2D eigenvalue weighted by molar-refractivity contribution is -0.121. The fraction of sp³-hybridized carbons (Fsp3) is 0.545. The SMILES string of the molecule is CC(C)(C)OC(=O)NCCC[C@@H](CC(=O)NCCNC(=O)O)NC(=O)OCc1ccccc1. The van der Waals surface area contributed by atoms with Crippen molar-refractivity contribution < 1.29 is 33.8 Å². The van der Waals surface area contributed by atoms with Gasteiger partial charge in [-0.2, -0.15) is 0 Å². The van der Waals surface area contributed by atoms with Gasteiger partial charge in [-0.3, -0.25) is 4.79 Å². The Bertz CT molecular complexity index is 766. The number of ether oxygens (including phenoxy) is 2. The number of benzene rings is 1. The molecule has 0 aliphatic carbocycles. The van der Waals surface area contributed by atoms with Crippen LogP contribution in [-0.2, 0) is 20.9 Å². The summed E-state index contributed by atoms with van der Waals surface area (Å²) >= 11 is 0. The second-order valence-electron chi connectivity index (χ2n) is 8.26. The largest absolute Gasteiger partial charge is 0.465 e. The molecule has 0 aliphatic rings. The van der Waals surface area contributed by atoms with E-state index in [2.05, 4.69) is 21.3 Å². The van der Waals surface area contributed by atoms with Gasteiger partial charge in [0.2, 0.25) is 5.91 Å². The third-order valence-electron chi connectivity index (χ3n) is 4.09. The molecule has 0 spiro atoms. The molecule has 1 aromatic carbocycles. The lowest BCUT2D eigenvalue weighted by Gasteiger charge is -2.21. The van der Waals surface area contributed by atoms with Gasteiger partial charge in [0.05, 0.1) is 0 Å². The van der Waals surface area contributed by atoms with Crippen LogP contribution >= 0.6 is 0 Å². The Morgan fingerprint density at radius 2 is 1.61 bits per heavy atom. The predicted octanol–water partition coefficient (Wildman–Crippen LogP) is 2.36. The summed E-state index contributed by atoms with van der Waals surface area (Å²) in [5.74, 6) is -0.351. The zero-order valence-corrected chi connectivity index (χ0v) is 19.3. The van der Waals surface area contributed by atoms with E-state index in [-0.39, 0.29) is 32.0 Å². The first-order valence-corrected chi connectivity index (χ1v) is 10.7. The molecule has 0 bridgehead atoms. The molecule has 1 rings (SSSR count). The van der Waals surface area contributed by atoms with E-state index in [0.29, 0.717) is 19.4 Å². The second kappa shape index (κ2) is 14.5. The predicted molar refractivity (Wildman–Crippen MR) is 121 cm³/mol. The minimum atomic E-state index is -1.18. The Balaban J connectivity index is 2.50. The Kier molecular flexibility index (Phi) is 12.1. The van der Waals surface area contributed by atoms with E-state index in [9.17, 15) is 19.2 Å². The van der Waals surface area contributed by atoms with Crippen LogP contribution in [0.5, 0.6) is 0 Å². The fourth-order valence-corrected chi connectivity index (χ4v) is 2.68. The molecule has 11 nitrogen and oxygen atoms in total. The smallest absolute Gasteiger partial charge is 0.407 e. The van der Waals surface area contributed by atoms with E-state index in [4.69, 9.17) is 14.6 Å².